The van der Waals surface area contributed by atoms with Crippen molar-refractivity contribution >= 4 is 0 Å². The van der Waals surface area contributed by atoms with E-state index < -0.39 is 0 Å². The van der Waals surface area contributed by atoms with Crippen molar-refractivity contribution in [2.75, 3.05) is 0 Å². The third-order valence-electron chi connectivity index (χ3n) is 3.56. The van der Waals surface area contributed by atoms with Gasteiger partial charge in [0, 0.05) is 5.54 Å². The normalized spacial score (nSPS) is 41.2. The Kier molecular flexibility index (Phi) is 2.53. The molecule has 0 saturated heterocycles. The second kappa shape index (κ2) is 3.02. The summed E-state index contributed by atoms with van der Waals surface area (Å²) in [6.45, 7) is 9.21. The first kappa shape index (κ1) is 10.0. The van der Waals surface area contributed by atoms with E-state index >= 15 is 0 Å². The number of nitrogens with two attached hydrogens (primary N) is 1. The second-order valence-electron chi connectivity index (χ2n) is 5.48. The van der Waals surface area contributed by atoms with E-state index in [4.69, 9.17) is 5.73 Å². The molecule has 0 heterocycles. The lowest BCUT2D eigenvalue weighted by atomic mass is 9.63. The van der Waals surface area contributed by atoms with Gasteiger partial charge in [-0.1, -0.05) is 27.2 Å². The molecule has 0 spiro atoms. The van der Waals surface area contributed by atoms with Crippen LogP contribution in [0.15, 0.2) is 0 Å². The van der Waals surface area contributed by atoms with Crippen LogP contribution in [0.5, 0.6) is 0 Å². The fourth-order valence-corrected chi connectivity index (χ4v) is 2.42. The molecule has 12 heavy (non-hydrogen) atoms. The van der Waals surface area contributed by atoms with E-state index in [0.29, 0.717) is 5.41 Å². The maximum absolute atomic E-state index is 6.25. The van der Waals surface area contributed by atoms with Crippen LogP contribution in [0.4, 0.5) is 0 Å². The summed E-state index contributed by atoms with van der Waals surface area (Å²) in [5, 5.41) is 0. The number of hydrogen-bond donors (Lipinski definition) is 1. The van der Waals surface area contributed by atoms with Crippen molar-refractivity contribution in [2.24, 2.45) is 17.1 Å². The summed E-state index contributed by atoms with van der Waals surface area (Å²) < 4.78 is 0. The highest BCUT2D eigenvalue weighted by Gasteiger charge is 2.38. The Morgan fingerprint density at radius 2 is 1.83 bits per heavy atom. The van der Waals surface area contributed by atoms with E-state index in [1.165, 1.54) is 25.7 Å². The zero-order valence-corrected chi connectivity index (χ0v) is 8.98. The van der Waals surface area contributed by atoms with Gasteiger partial charge in [-0.25, -0.2) is 0 Å². The van der Waals surface area contributed by atoms with Gasteiger partial charge in [0.25, 0.3) is 0 Å². The first-order valence-corrected chi connectivity index (χ1v) is 5.16. The van der Waals surface area contributed by atoms with Crippen molar-refractivity contribution in [3.8, 4) is 0 Å². The lowest BCUT2D eigenvalue weighted by Crippen LogP contribution is -2.49. The van der Waals surface area contributed by atoms with Crippen LogP contribution in [0, 0.1) is 11.3 Å². The quantitative estimate of drug-likeness (QED) is 0.641. The average Bonchev–Trinajstić information content (AvgIpc) is 1.95. The standard InChI is InChI=1S/C11H23N/c1-5-9-8-10(2,3)6-7-11(9,4)12/h9H,5-8,12H2,1-4H3/t9-,11-/m0/s1. The summed E-state index contributed by atoms with van der Waals surface area (Å²) in [6.07, 6.45) is 5.02. The molecule has 1 fully saturated rings. The van der Waals surface area contributed by atoms with Gasteiger partial charge < -0.3 is 5.73 Å². The van der Waals surface area contributed by atoms with Gasteiger partial charge in [0.2, 0.25) is 0 Å². The highest BCUT2D eigenvalue weighted by molar-refractivity contribution is 4.95. The molecular formula is C11H23N. The van der Waals surface area contributed by atoms with Gasteiger partial charge in [-0.3, -0.25) is 0 Å². The molecular weight excluding hydrogens is 146 g/mol. The minimum atomic E-state index is 0.101. The van der Waals surface area contributed by atoms with Crippen molar-refractivity contribution in [1.29, 1.82) is 0 Å². The molecule has 0 amide bonds. The lowest BCUT2D eigenvalue weighted by molar-refractivity contribution is 0.0995. The predicted molar refractivity (Wildman–Crippen MR) is 54.0 cm³/mol. The van der Waals surface area contributed by atoms with Crippen LogP contribution in [0.1, 0.15) is 53.4 Å². The Hall–Kier alpha value is -0.0400. The van der Waals surface area contributed by atoms with E-state index in [9.17, 15) is 0 Å². The van der Waals surface area contributed by atoms with Crippen LogP contribution >= 0.6 is 0 Å². The van der Waals surface area contributed by atoms with Crippen LogP contribution in [0.25, 0.3) is 0 Å². The molecule has 0 aromatic carbocycles. The molecule has 0 aromatic rings. The molecule has 0 aromatic heterocycles. The molecule has 2 N–H and O–H groups in total. The smallest absolute Gasteiger partial charge is 0.0154 e. The summed E-state index contributed by atoms with van der Waals surface area (Å²) in [6, 6.07) is 0. The molecule has 0 aliphatic heterocycles. The molecule has 0 radical (unpaired) electrons. The average molecular weight is 169 g/mol. The number of rotatable bonds is 1. The second-order valence-corrected chi connectivity index (χ2v) is 5.48. The molecule has 1 saturated carbocycles. The molecule has 1 heteroatoms. The third kappa shape index (κ3) is 2.01. The van der Waals surface area contributed by atoms with Crippen LogP contribution in [-0.4, -0.2) is 5.54 Å². The Labute approximate surface area is 76.7 Å². The van der Waals surface area contributed by atoms with Crippen molar-refractivity contribution in [3.63, 3.8) is 0 Å². The Balaban J connectivity index is 2.67. The number of hydrogen-bond acceptors (Lipinski definition) is 1. The van der Waals surface area contributed by atoms with Crippen molar-refractivity contribution < 1.29 is 0 Å². The van der Waals surface area contributed by atoms with Crippen LogP contribution in [0.2, 0.25) is 0 Å². The molecule has 1 aliphatic carbocycles. The minimum Gasteiger partial charge on any atom is -0.325 e. The Bertz CT molecular complexity index is 158. The van der Waals surface area contributed by atoms with Gasteiger partial charge in [-0.15, -0.1) is 0 Å². The van der Waals surface area contributed by atoms with E-state index in [-0.39, 0.29) is 5.54 Å². The molecule has 0 unspecified atom stereocenters. The summed E-state index contributed by atoms with van der Waals surface area (Å²) in [4.78, 5) is 0. The molecule has 0 bridgehead atoms. The SMILES string of the molecule is CC[C@H]1CC(C)(C)CC[C@]1(C)N. The summed E-state index contributed by atoms with van der Waals surface area (Å²) in [5.74, 6) is 0.723. The highest BCUT2D eigenvalue weighted by atomic mass is 14.8. The third-order valence-corrected chi connectivity index (χ3v) is 3.56. The zero-order chi connectivity index (χ0) is 9.41. The fraction of sp³-hybridized carbons (Fsp3) is 1.00. The Morgan fingerprint density at radius 3 is 2.25 bits per heavy atom. The maximum atomic E-state index is 6.25. The molecule has 2 atom stereocenters. The largest absolute Gasteiger partial charge is 0.325 e. The first-order chi connectivity index (χ1) is 5.37. The van der Waals surface area contributed by atoms with Crippen molar-refractivity contribution in [3.05, 3.63) is 0 Å². The van der Waals surface area contributed by atoms with Gasteiger partial charge in [0.1, 0.15) is 0 Å². The topological polar surface area (TPSA) is 26.0 Å². The summed E-state index contributed by atoms with van der Waals surface area (Å²) in [5.41, 5.74) is 6.88. The van der Waals surface area contributed by atoms with E-state index in [1.54, 1.807) is 0 Å². The summed E-state index contributed by atoms with van der Waals surface area (Å²) >= 11 is 0. The van der Waals surface area contributed by atoms with E-state index in [2.05, 4.69) is 27.7 Å². The fourth-order valence-electron chi connectivity index (χ4n) is 2.42. The molecule has 1 rings (SSSR count). The van der Waals surface area contributed by atoms with Gasteiger partial charge in [-0.05, 0) is 37.5 Å². The van der Waals surface area contributed by atoms with Crippen LogP contribution in [0.3, 0.4) is 0 Å². The zero-order valence-electron chi connectivity index (χ0n) is 8.98. The van der Waals surface area contributed by atoms with Crippen LogP contribution < -0.4 is 5.73 Å². The predicted octanol–water partition coefficient (Wildman–Crippen LogP) is 2.94. The summed E-state index contributed by atoms with van der Waals surface area (Å²) in [7, 11) is 0. The van der Waals surface area contributed by atoms with Crippen molar-refractivity contribution in [1.82, 2.24) is 0 Å². The molecule has 1 nitrogen and oxygen atoms in total. The minimum absolute atomic E-state index is 0.101. The van der Waals surface area contributed by atoms with Gasteiger partial charge in [-0.2, -0.15) is 0 Å². The first-order valence-electron chi connectivity index (χ1n) is 5.16. The van der Waals surface area contributed by atoms with E-state index in [1.807, 2.05) is 0 Å². The van der Waals surface area contributed by atoms with Crippen LogP contribution in [-0.2, 0) is 0 Å². The maximum Gasteiger partial charge on any atom is 0.0154 e. The molecule has 72 valence electrons. The monoisotopic (exact) mass is 169 g/mol. The van der Waals surface area contributed by atoms with Gasteiger partial charge >= 0.3 is 0 Å². The van der Waals surface area contributed by atoms with Gasteiger partial charge in [0.15, 0.2) is 0 Å². The highest BCUT2D eigenvalue weighted by Crippen LogP contribution is 2.43. The van der Waals surface area contributed by atoms with E-state index in [0.717, 1.165) is 5.92 Å². The molecule has 1 aliphatic rings. The Morgan fingerprint density at radius 1 is 1.25 bits per heavy atom. The van der Waals surface area contributed by atoms with Gasteiger partial charge in [0.05, 0.1) is 0 Å². The van der Waals surface area contributed by atoms with Crippen molar-refractivity contribution in [2.45, 2.75) is 58.9 Å². The lowest BCUT2D eigenvalue weighted by Gasteiger charge is -2.45.